The van der Waals surface area contributed by atoms with Crippen molar-refractivity contribution in [3.8, 4) is 22.6 Å². The Labute approximate surface area is 266 Å². The third kappa shape index (κ3) is 4.61. The molecule has 4 aromatic rings. The van der Waals surface area contributed by atoms with E-state index < -0.39 is 0 Å². The molecule has 3 fully saturated rings. The van der Waals surface area contributed by atoms with Crippen molar-refractivity contribution < 1.29 is 9.53 Å². The molecular formula is C34H36N6O3P2. The van der Waals surface area contributed by atoms with E-state index in [0.29, 0.717) is 60.7 Å². The summed E-state index contributed by atoms with van der Waals surface area (Å²) < 4.78 is 8.48. The second-order valence-corrected chi connectivity index (χ2v) is 14.0. The number of carbonyl (C=O) groups excluding carboxylic acids is 1. The normalized spacial score (nSPS) is 19.2. The van der Waals surface area contributed by atoms with Crippen molar-refractivity contribution in [2.45, 2.75) is 64.0 Å². The smallest absolute Gasteiger partial charge is 0.354 e. The number of aromatic nitrogens is 4. The van der Waals surface area contributed by atoms with E-state index >= 15 is 0 Å². The standard InChI is InChI=1S/C34H36N6O3P2/c1-4-25(41)38-11-12-39(17(2)15-38)33-28-30(31-26(18(3)36-28)27-21(16-43-31)9-10-24(44)32(27)45)40(34(42)37-33)29-22(19-5-6-19)13-35-14-23(29)20-7-8-20/h4,9-10,13-14,17,19-20H,1,5-8,11-12,15-16,44-45H2,2-3H3/t17-/m0/s1. The fourth-order valence-electron chi connectivity index (χ4n) is 7.14. The van der Waals surface area contributed by atoms with Gasteiger partial charge in [-0.3, -0.25) is 14.3 Å². The van der Waals surface area contributed by atoms with Gasteiger partial charge in [-0.05, 0) is 84.7 Å². The largest absolute Gasteiger partial charge is 0.486 e. The van der Waals surface area contributed by atoms with E-state index in [0.717, 1.165) is 75.5 Å². The predicted molar refractivity (Wildman–Crippen MR) is 184 cm³/mol. The van der Waals surface area contributed by atoms with Gasteiger partial charge in [-0.1, -0.05) is 18.7 Å². The van der Waals surface area contributed by atoms with Crippen LogP contribution in [0.2, 0.25) is 0 Å². The Hall–Kier alpha value is -3.67. The van der Waals surface area contributed by atoms with Crippen LogP contribution < -0.4 is 25.9 Å². The molecule has 0 spiro atoms. The number of rotatable bonds is 5. The molecule has 5 heterocycles. The van der Waals surface area contributed by atoms with E-state index in [1.807, 2.05) is 19.3 Å². The first-order chi connectivity index (χ1) is 21.8. The summed E-state index contributed by atoms with van der Waals surface area (Å²) in [4.78, 5) is 45.7. The number of ether oxygens (including phenoxy) is 1. The molecule has 2 unspecified atom stereocenters. The van der Waals surface area contributed by atoms with Crippen molar-refractivity contribution in [3.63, 3.8) is 0 Å². The molecule has 8 rings (SSSR count). The van der Waals surface area contributed by atoms with Gasteiger partial charge < -0.3 is 14.5 Å². The number of fused-ring (bicyclic) bond motifs is 5. The van der Waals surface area contributed by atoms with E-state index in [-0.39, 0.29) is 17.6 Å². The average Bonchev–Trinajstić information content (AvgIpc) is 3.96. The minimum Gasteiger partial charge on any atom is -0.486 e. The molecule has 0 bridgehead atoms. The number of hydrogen-bond donors (Lipinski definition) is 0. The maximum Gasteiger partial charge on any atom is 0.354 e. The van der Waals surface area contributed by atoms with Crippen LogP contribution in [0.3, 0.4) is 0 Å². The zero-order valence-corrected chi connectivity index (χ0v) is 27.9. The molecule has 3 atom stereocenters. The van der Waals surface area contributed by atoms with E-state index in [1.54, 1.807) is 9.47 Å². The van der Waals surface area contributed by atoms with Crippen molar-refractivity contribution in [1.29, 1.82) is 0 Å². The molecule has 2 saturated carbocycles. The van der Waals surface area contributed by atoms with Crippen LogP contribution in [0.4, 0.5) is 5.82 Å². The molecule has 2 aliphatic carbocycles. The lowest BCUT2D eigenvalue weighted by Gasteiger charge is -2.40. The number of hydrogen-bond acceptors (Lipinski definition) is 7. The number of amides is 1. The highest BCUT2D eigenvalue weighted by Crippen LogP contribution is 2.50. The number of nitrogens with zero attached hydrogens (tertiary/aromatic N) is 6. The maximum atomic E-state index is 14.6. The molecule has 3 aromatic heterocycles. The molecule has 0 N–H and O–H groups in total. The Bertz CT molecular complexity index is 1970. The van der Waals surface area contributed by atoms with Gasteiger partial charge in [-0.25, -0.2) is 9.78 Å². The van der Waals surface area contributed by atoms with Gasteiger partial charge in [0.25, 0.3) is 0 Å². The lowest BCUT2D eigenvalue weighted by atomic mass is 9.94. The summed E-state index contributed by atoms with van der Waals surface area (Å²) in [7, 11) is 5.73. The maximum absolute atomic E-state index is 14.6. The highest BCUT2D eigenvalue weighted by atomic mass is 31.0. The summed E-state index contributed by atoms with van der Waals surface area (Å²) in [5, 5.41) is 2.16. The van der Waals surface area contributed by atoms with Gasteiger partial charge in [-0.15, -0.1) is 18.5 Å². The van der Waals surface area contributed by atoms with Gasteiger partial charge in [0.05, 0.1) is 5.69 Å². The predicted octanol–water partition coefficient (Wildman–Crippen LogP) is 4.02. The summed E-state index contributed by atoms with van der Waals surface area (Å²) in [6.45, 7) is 9.65. The number of carbonyl (C=O) groups is 1. The zero-order chi connectivity index (χ0) is 31.1. The topological polar surface area (TPSA) is 93.5 Å². The Balaban J connectivity index is 1.44. The van der Waals surface area contributed by atoms with Crippen molar-refractivity contribution in [2.24, 2.45) is 0 Å². The van der Waals surface area contributed by atoms with Crippen molar-refractivity contribution in [3.05, 3.63) is 70.0 Å². The first-order valence-electron chi connectivity index (χ1n) is 15.7. The second-order valence-electron chi connectivity index (χ2n) is 12.8. The summed E-state index contributed by atoms with van der Waals surface area (Å²) >= 11 is 0. The highest BCUT2D eigenvalue weighted by molar-refractivity contribution is 7.36. The number of piperazine rings is 1. The van der Waals surface area contributed by atoms with Crippen LogP contribution in [0.5, 0.6) is 5.75 Å². The van der Waals surface area contributed by atoms with E-state index in [2.05, 4.69) is 54.0 Å². The van der Waals surface area contributed by atoms with E-state index in [1.165, 1.54) is 6.08 Å². The van der Waals surface area contributed by atoms with Crippen LogP contribution in [-0.2, 0) is 11.4 Å². The van der Waals surface area contributed by atoms with Crippen LogP contribution in [-0.4, -0.2) is 56.0 Å². The van der Waals surface area contributed by atoms with Gasteiger partial charge in [-0.2, -0.15) is 4.98 Å². The van der Waals surface area contributed by atoms with Gasteiger partial charge in [0.15, 0.2) is 11.6 Å². The SMILES string of the molecule is C=CC(=O)N1CCN(c2nc(=O)n(-c3c(C4CC4)cncc3C3CC3)c3c4c(c(C)nc23)-c2c(ccc(P)c2P)CO4)[C@@H](C)C1. The molecule has 230 valence electrons. The van der Waals surface area contributed by atoms with Gasteiger partial charge >= 0.3 is 5.69 Å². The zero-order valence-electron chi connectivity index (χ0n) is 25.5. The molecule has 0 radical (unpaired) electrons. The van der Waals surface area contributed by atoms with Gasteiger partial charge in [0, 0.05) is 54.9 Å². The number of benzene rings is 1. The third-order valence-corrected chi connectivity index (χ3v) is 11.2. The molecule has 4 aliphatic rings. The Kier molecular flexibility index (Phi) is 6.85. The average molecular weight is 639 g/mol. The van der Waals surface area contributed by atoms with Crippen LogP contribution >= 0.6 is 18.5 Å². The summed E-state index contributed by atoms with van der Waals surface area (Å²) in [5.41, 5.74) is 7.96. The Morgan fingerprint density at radius 2 is 1.76 bits per heavy atom. The number of aryl methyl sites for hydroxylation is 1. The number of anilines is 1. The second kappa shape index (κ2) is 10.7. The Morgan fingerprint density at radius 3 is 2.40 bits per heavy atom. The van der Waals surface area contributed by atoms with Crippen molar-refractivity contribution >= 4 is 51.8 Å². The lowest BCUT2D eigenvalue weighted by Crippen LogP contribution is -2.54. The molecule has 11 heteroatoms. The molecule has 2 aliphatic heterocycles. The van der Waals surface area contributed by atoms with E-state index in [4.69, 9.17) is 14.7 Å². The molecular weight excluding hydrogens is 602 g/mol. The fourth-order valence-corrected chi connectivity index (χ4v) is 7.81. The van der Waals surface area contributed by atoms with Crippen molar-refractivity contribution in [2.75, 3.05) is 24.5 Å². The van der Waals surface area contributed by atoms with Crippen LogP contribution in [0, 0.1) is 6.92 Å². The quantitative estimate of drug-likeness (QED) is 0.241. The molecule has 9 nitrogen and oxygen atoms in total. The van der Waals surface area contributed by atoms with Crippen molar-refractivity contribution in [1.82, 2.24) is 24.4 Å². The third-order valence-electron chi connectivity index (χ3n) is 9.74. The van der Waals surface area contributed by atoms with Crippen LogP contribution in [0.25, 0.3) is 27.8 Å². The summed E-state index contributed by atoms with van der Waals surface area (Å²) in [6, 6.07) is 4.10. The van der Waals surface area contributed by atoms with E-state index in [9.17, 15) is 9.59 Å². The first kappa shape index (κ1) is 28.8. The molecule has 1 aromatic carbocycles. The molecule has 1 saturated heterocycles. The summed E-state index contributed by atoms with van der Waals surface area (Å²) in [5.74, 6) is 1.85. The summed E-state index contributed by atoms with van der Waals surface area (Å²) in [6.07, 6.45) is 9.56. The Morgan fingerprint density at radius 1 is 1.04 bits per heavy atom. The highest BCUT2D eigenvalue weighted by Gasteiger charge is 2.37. The molecule has 1 amide bonds. The minimum atomic E-state index is -0.350. The number of pyridine rings is 2. The first-order valence-corrected chi connectivity index (χ1v) is 16.9. The van der Waals surface area contributed by atoms with Crippen LogP contribution in [0.1, 0.15) is 66.8 Å². The monoisotopic (exact) mass is 638 g/mol. The minimum absolute atomic E-state index is 0.0864. The van der Waals surface area contributed by atoms with Gasteiger partial charge in [0.2, 0.25) is 5.91 Å². The lowest BCUT2D eigenvalue weighted by molar-refractivity contribution is -0.126. The van der Waals surface area contributed by atoms with Crippen LogP contribution in [0.15, 0.2) is 42.0 Å². The molecule has 45 heavy (non-hydrogen) atoms. The fraction of sp³-hybridized carbons (Fsp3) is 0.382. The van der Waals surface area contributed by atoms with Gasteiger partial charge in [0.1, 0.15) is 17.6 Å².